The summed E-state index contributed by atoms with van der Waals surface area (Å²) in [6.07, 6.45) is 0. The van der Waals surface area contributed by atoms with Gasteiger partial charge in [-0.05, 0) is 46.2 Å². The van der Waals surface area contributed by atoms with Crippen molar-refractivity contribution >= 4 is 7.12 Å². The Morgan fingerprint density at radius 2 is 1.68 bits per heavy atom. The topological polar surface area (TPSA) is 64.7 Å². The Hall–Kier alpha value is -1.04. The largest absolute Gasteiger partial charge is 0.508 e. The Bertz CT molecular complexity index is 472. The van der Waals surface area contributed by atoms with E-state index in [9.17, 15) is 5.11 Å². The lowest BCUT2D eigenvalue weighted by atomic mass is 9.74. The molecule has 0 unspecified atom stereocenters. The number of benzene rings is 1. The first-order valence-electron chi connectivity index (χ1n) is 6.55. The molecule has 0 spiro atoms. The Labute approximate surface area is 115 Å². The molecule has 1 aliphatic heterocycles. The van der Waals surface area contributed by atoms with E-state index in [-0.39, 0.29) is 5.75 Å². The van der Waals surface area contributed by atoms with Gasteiger partial charge < -0.3 is 20.1 Å². The van der Waals surface area contributed by atoms with Crippen molar-refractivity contribution in [2.75, 3.05) is 0 Å². The van der Waals surface area contributed by atoms with E-state index < -0.39 is 24.3 Å². The van der Waals surface area contributed by atoms with Crippen LogP contribution in [-0.4, -0.2) is 23.4 Å². The van der Waals surface area contributed by atoms with Gasteiger partial charge in [0.2, 0.25) is 0 Å². The monoisotopic (exact) mass is 263 g/mol. The van der Waals surface area contributed by atoms with Crippen molar-refractivity contribution in [3.63, 3.8) is 0 Å². The van der Waals surface area contributed by atoms with Gasteiger partial charge in [-0.15, -0.1) is 0 Å². The van der Waals surface area contributed by atoms with Crippen LogP contribution in [0, 0.1) is 6.92 Å². The molecule has 0 amide bonds. The predicted octanol–water partition coefficient (Wildman–Crippen LogP) is 2.33. The molecule has 4 nitrogen and oxygen atoms in total. The molecule has 19 heavy (non-hydrogen) atoms. The summed E-state index contributed by atoms with van der Waals surface area (Å²) in [5.74, 6) is -0.330. The summed E-state index contributed by atoms with van der Waals surface area (Å²) in [7, 11) is -0.557. The molecule has 1 fully saturated rings. The molecule has 2 rings (SSSR count). The quantitative estimate of drug-likeness (QED) is 0.804. The average molecular weight is 263 g/mol. The number of phenols is 1. The second-order valence-corrected chi connectivity index (χ2v) is 6.21. The summed E-state index contributed by atoms with van der Waals surface area (Å²) >= 11 is 0. The average Bonchev–Trinajstić information content (AvgIpc) is 2.47. The number of aryl methyl sites for hydroxylation is 1. The number of hydrogen-bond donors (Lipinski definition) is 2. The first-order valence-corrected chi connectivity index (χ1v) is 6.55. The molecule has 0 aromatic heterocycles. The van der Waals surface area contributed by atoms with Crippen LogP contribution in [-0.2, 0) is 9.31 Å². The van der Waals surface area contributed by atoms with Crippen molar-refractivity contribution in [3.05, 3.63) is 29.3 Å². The molecule has 3 N–H and O–H groups in total. The van der Waals surface area contributed by atoms with Crippen LogP contribution in [0.3, 0.4) is 0 Å². The highest BCUT2D eigenvalue weighted by Crippen LogP contribution is 2.40. The Kier molecular flexibility index (Phi) is 3.41. The fourth-order valence-corrected chi connectivity index (χ4v) is 2.12. The van der Waals surface area contributed by atoms with Crippen molar-refractivity contribution in [1.82, 2.24) is 0 Å². The van der Waals surface area contributed by atoms with Gasteiger partial charge in [-0.1, -0.05) is 12.1 Å². The summed E-state index contributed by atoms with van der Waals surface area (Å²) in [5.41, 5.74) is 6.97. The first-order chi connectivity index (χ1) is 8.64. The zero-order valence-corrected chi connectivity index (χ0v) is 12.2. The Morgan fingerprint density at radius 3 is 2.16 bits per heavy atom. The zero-order chi connectivity index (χ0) is 14.4. The smallest absolute Gasteiger partial charge is 0.480 e. The first kappa shape index (κ1) is 14.4. The highest BCUT2D eigenvalue weighted by Gasteiger charge is 2.53. The molecule has 0 bridgehead atoms. The molecule has 1 heterocycles. The molecular formula is C14H22BNO3. The molecule has 5 heteroatoms. The molecule has 1 atom stereocenters. The van der Waals surface area contributed by atoms with Crippen LogP contribution in [0.4, 0.5) is 0 Å². The fraction of sp³-hybridized carbons (Fsp3) is 0.571. The van der Waals surface area contributed by atoms with Crippen molar-refractivity contribution in [2.24, 2.45) is 5.73 Å². The summed E-state index contributed by atoms with van der Waals surface area (Å²) in [6.45, 7) is 9.84. The summed E-state index contributed by atoms with van der Waals surface area (Å²) in [6, 6.07) is 5.43. The predicted molar refractivity (Wildman–Crippen MR) is 75.9 cm³/mol. The van der Waals surface area contributed by atoms with Crippen LogP contribution in [0.1, 0.15) is 44.8 Å². The van der Waals surface area contributed by atoms with E-state index in [0.29, 0.717) is 5.56 Å². The van der Waals surface area contributed by atoms with E-state index >= 15 is 0 Å². The standard InChI is InChI=1S/C14H22BNO3/c1-9-6-7-10(11(17)8-9)12(16)15-18-13(2,3)14(4,5)19-15/h6-8,12,17H,16H2,1-5H3/t12-/m0/s1. The second-order valence-electron chi connectivity index (χ2n) is 6.21. The van der Waals surface area contributed by atoms with Gasteiger partial charge in [0.05, 0.1) is 17.1 Å². The number of nitrogens with two attached hydrogens (primary N) is 1. The van der Waals surface area contributed by atoms with E-state index in [0.717, 1.165) is 5.56 Å². The number of aromatic hydroxyl groups is 1. The molecule has 1 aromatic carbocycles. The maximum Gasteiger partial charge on any atom is 0.480 e. The third-order valence-corrected chi connectivity index (χ3v) is 4.11. The molecule has 1 saturated heterocycles. The zero-order valence-electron chi connectivity index (χ0n) is 12.2. The van der Waals surface area contributed by atoms with Crippen molar-refractivity contribution in [3.8, 4) is 5.75 Å². The van der Waals surface area contributed by atoms with Gasteiger partial charge in [0.25, 0.3) is 0 Å². The van der Waals surface area contributed by atoms with Crippen LogP contribution in [0.25, 0.3) is 0 Å². The molecular weight excluding hydrogens is 241 g/mol. The fourth-order valence-electron chi connectivity index (χ4n) is 2.12. The Morgan fingerprint density at radius 1 is 1.16 bits per heavy atom. The van der Waals surface area contributed by atoms with E-state index in [4.69, 9.17) is 15.0 Å². The van der Waals surface area contributed by atoms with Crippen LogP contribution < -0.4 is 5.73 Å². The minimum atomic E-state index is -0.557. The van der Waals surface area contributed by atoms with Crippen LogP contribution in [0.2, 0.25) is 0 Å². The minimum Gasteiger partial charge on any atom is -0.508 e. The van der Waals surface area contributed by atoms with E-state index in [1.807, 2.05) is 46.8 Å². The summed E-state index contributed by atoms with van der Waals surface area (Å²) in [4.78, 5) is 0. The maximum absolute atomic E-state index is 9.99. The van der Waals surface area contributed by atoms with Gasteiger partial charge in [-0.2, -0.15) is 0 Å². The van der Waals surface area contributed by atoms with Gasteiger partial charge in [-0.3, -0.25) is 0 Å². The number of phenolic OH excluding ortho intramolecular Hbond substituents is 1. The second kappa shape index (κ2) is 4.51. The van der Waals surface area contributed by atoms with Gasteiger partial charge in [0.15, 0.2) is 0 Å². The van der Waals surface area contributed by atoms with E-state index in [1.54, 1.807) is 6.07 Å². The SMILES string of the molecule is Cc1ccc([C@H](N)B2OC(C)(C)C(C)(C)O2)c(O)c1. The molecule has 1 aromatic rings. The molecule has 0 saturated carbocycles. The van der Waals surface area contributed by atoms with Gasteiger partial charge in [0.1, 0.15) is 5.75 Å². The maximum atomic E-state index is 9.99. The van der Waals surface area contributed by atoms with E-state index in [1.165, 1.54) is 0 Å². The summed E-state index contributed by atoms with van der Waals surface area (Å²) < 4.78 is 11.8. The Balaban J connectivity index is 2.24. The van der Waals surface area contributed by atoms with E-state index in [2.05, 4.69) is 0 Å². The molecule has 104 valence electrons. The van der Waals surface area contributed by atoms with Crippen LogP contribution in [0.15, 0.2) is 18.2 Å². The van der Waals surface area contributed by atoms with Gasteiger partial charge >= 0.3 is 7.12 Å². The van der Waals surface area contributed by atoms with Crippen molar-refractivity contribution in [1.29, 1.82) is 0 Å². The lowest BCUT2D eigenvalue weighted by Crippen LogP contribution is -2.41. The van der Waals surface area contributed by atoms with Crippen molar-refractivity contribution < 1.29 is 14.4 Å². The third-order valence-electron chi connectivity index (χ3n) is 4.11. The number of hydrogen-bond acceptors (Lipinski definition) is 4. The van der Waals surface area contributed by atoms with Crippen LogP contribution >= 0.6 is 0 Å². The molecule has 0 aliphatic carbocycles. The highest BCUT2D eigenvalue weighted by atomic mass is 16.7. The molecule has 0 radical (unpaired) electrons. The molecule has 1 aliphatic rings. The summed E-state index contributed by atoms with van der Waals surface area (Å²) in [5, 5.41) is 9.99. The normalized spacial score (nSPS) is 22.5. The minimum absolute atomic E-state index is 0.183. The number of rotatable bonds is 2. The highest BCUT2D eigenvalue weighted by molar-refractivity contribution is 6.47. The lowest BCUT2D eigenvalue weighted by molar-refractivity contribution is 0.00578. The van der Waals surface area contributed by atoms with Gasteiger partial charge in [-0.25, -0.2) is 0 Å². The lowest BCUT2D eigenvalue weighted by Gasteiger charge is -2.32. The van der Waals surface area contributed by atoms with Crippen LogP contribution in [0.5, 0.6) is 5.75 Å². The third kappa shape index (κ3) is 2.50. The van der Waals surface area contributed by atoms with Crippen molar-refractivity contribution in [2.45, 2.75) is 51.8 Å². The van der Waals surface area contributed by atoms with Gasteiger partial charge in [0, 0.05) is 5.56 Å².